The van der Waals surface area contributed by atoms with Crippen LogP contribution in [0.25, 0.3) is 0 Å². The van der Waals surface area contributed by atoms with Crippen molar-refractivity contribution in [2.75, 3.05) is 0 Å². The van der Waals surface area contributed by atoms with Crippen molar-refractivity contribution in [3.05, 3.63) is 0 Å². The zero-order chi connectivity index (χ0) is 19.7. The quantitative estimate of drug-likeness (QED) is 0.145. The van der Waals surface area contributed by atoms with E-state index < -0.39 is 0 Å². The summed E-state index contributed by atoms with van der Waals surface area (Å²) in [5.41, 5.74) is 0. The molecule has 2 N–H and O–H groups in total. The fourth-order valence-corrected chi connectivity index (χ4v) is 4.21. The van der Waals surface area contributed by atoms with Crippen LogP contribution in [0.4, 0.5) is 0 Å². The molecule has 0 aromatic rings. The van der Waals surface area contributed by atoms with Crippen LogP contribution in [0.1, 0.15) is 174 Å². The Morgan fingerprint density at radius 2 is 0.321 bits per heavy atom. The first-order valence-corrected chi connectivity index (χ1v) is 13.4. The average molecular weight is 399 g/mol. The van der Waals surface area contributed by atoms with Crippen LogP contribution in [-0.4, -0.2) is 5.48 Å². The van der Waals surface area contributed by atoms with Crippen molar-refractivity contribution >= 4 is 0 Å². The Hall–Kier alpha value is -0.0400. The smallest absolute Gasteiger partial charge is 0.0533 e. The molecule has 28 heavy (non-hydrogen) atoms. The normalized spacial score (nSPS) is 10.9. The van der Waals surface area contributed by atoms with Crippen molar-refractivity contribution in [2.24, 2.45) is 0 Å². The molecule has 0 spiro atoms. The molecule has 0 aromatic heterocycles. The van der Waals surface area contributed by atoms with Crippen LogP contribution in [0, 0.1) is 0 Å². The number of rotatable bonds is 24. The van der Waals surface area contributed by atoms with Gasteiger partial charge in [-0.15, -0.1) is 0 Å². The van der Waals surface area contributed by atoms with E-state index in [2.05, 4.69) is 13.8 Å². The van der Waals surface area contributed by atoms with Gasteiger partial charge in [-0.1, -0.05) is 174 Å². The third kappa shape index (κ3) is 28.2. The molecule has 1 nitrogen and oxygen atoms in total. The lowest BCUT2D eigenvalue weighted by atomic mass is 10.0. The molecule has 0 amide bonds. The fraction of sp³-hybridized carbons (Fsp3) is 1.00. The van der Waals surface area contributed by atoms with Crippen LogP contribution in [0.3, 0.4) is 0 Å². The molecular weight excluding hydrogens is 340 g/mol. The molecule has 0 atom stereocenters. The summed E-state index contributed by atoms with van der Waals surface area (Å²) in [4.78, 5) is 0. The van der Waals surface area contributed by atoms with E-state index in [4.69, 9.17) is 0 Å². The Balaban J connectivity index is 0. The largest absolute Gasteiger partial charge is 0.412 e. The molecular formula is C27H58O. The molecule has 0 rings (SSSR count). The van der Waals surface area contributed by atoms with Crippen LogP contribution in [0.15, 0.2) is 0 Å². The maximum atomic E-state index is 2.30. The molecule has 0 bridgehead atoms. The predicted molar refractivity (Wildman–Crippen MR) is 130 cm³/mol. The van der Waals surface area contributed by atoms with Crippen molar-refractivity contribution < 1.29 is 5.48 Å². The van der Waals surface area contributed by atoms with Gasteiger partial charge in [0.25, 0.3) is 0 Å². The molecule has 0 fully saturated rings. The summed E-state index contributed by atoms with van der Waals surface area (Å²) < 4.78 is 0. The van der Waals surface area contributed by atoms with Crippen LogP contribution >= 0.6 is 0 Å². The summed E-state index contributed by atoms with van der Waals surface area (Å²) in [5, 5.41) is 0. The Bertz CT molecular complexity index is 214. The second kappa shape index (κ2) is 29.2. The molecule has 0 radical (unpaired) electrons. The van der Waals surface area contributed by atoms with Gasteiger partial charge < -0.3 is 5.48 Å². The zero-order valence-corrected chi connectivity index (χ0v) is 20.2. The van der Waals surface area contributed by atoms with E-state index in [0.717, 1.165) is 0 Å². The van der Waals surface area contributed by atoms with E-state index in [-0.39, 0.29) is 5.48 Å². The van der Waals surface area contributed by atoms with E-state index in [9.17, 15) is 0 Å². The van der Waals surface area contributed by atoms with Gasteiger partial charge in [0.05, 0.1) is 0 Å². The summed E-state index contributed by atoms with van der Waals surface area (Å²) in [5.74, 6) is 0. The molecule has 0 aromatic carbocycles. The Labute approximate surface area is 180 Å². The lowest BCUT2D eigenvalue weighted by Gasteiger charge is -2.04. The maximum absolute atomic E-state index is 2.30. The Kier molecular flexibility index (Phi) is 31.4. The maximum Gasteiger partial charge on any atom is -0.0533 e. The monoisotopic (exact) mass is 398 g/mol. The van der Waals surface area contributed by atoms with Crippen LogP contribution in [-0.2, 0) is 0 Å². The standard InChI is InChI=1S/C27H56.H2O/c1-3-5-7-9-11-13-15-17-19-21-23-25-27-26-24-22-20-18-16-14-12-10-8-6-4-2;/h3-27H2,1-2H3;1H2. The Morgan fingerprint density at radius 1 is 0.214 bits per heavy atom. The van der Waals surface area contributed by atoms with Crippen molar-refractivity contribution in [1.82, 2.24) is 0 Å². The molecule has 0 saturated carbocycles. The highest BCUT2D eigenvalue weighted by Crippen LogP contribution is 2.15. The molecule has 0 aliphatic carbocycles. The minimum atomic E-state index is 0. The summed E-state index contributed by atoms with van der Waals surface area (Å²) in [7, 11) is 0. The first kappa shape index (κ1) is 30.2. The van der Waals surface area contributed by atoms with Crippen LogP contribution in [0.2, 0.25) is 0 Å². The Morgan fingerprint density at radius 3 is 0.429 bits per heavy atom. The third-order valence-corrected chi connectivity index (χ3v) is 6.21. The van der Waals surface area contributed by atoms with Crippen molar-refractivity contribution in [1.29, 1.82) is 0 Å². The van der Waals surface area contributed by atoms with Gasteiger partial charge in [-0.05, 0) is 0 Å². The van der Waals surface area contributed by atoms with Gasteiger partial charge in [0, 0.05) is 0 Å². The highest BCUT2D eigenvalue weighted by Gasteiger charge is 1.95. The zero-order valence-electron chi connectivity index (χ0n) is 20.2. The van der Waals surface area contributed by atoms with E-state index in [1.54, 1.807) is 0 Å². The topological polar surface area (TPSA) is 31.5 Å². The van der Waals surface area contributed by atoms with E-state index in [1.807, 2.05) is 0 Å². The van der Waals surface area contributed by atoms with Gasteiger partial charge in [-0.25, -0.2) is 0 Å². The first-order valence-electron chi connectivity index (χ1n) is 13.4. The summed E-state index contributed by atoms with van der Waals surface area (Å²) in [6.45, 7) is 4.61. The van der Waals surface area contributed by atoms with Gasteiger partial charge in [0.2, 0.25) is 0 Å². The van der Waals surface area contributed by atoms with Gasteiger partial charge in [0.1, 0.15) is 0 Å². The SMILES string of the molecule is CCCCCCCCCCCCCCCCCCCCCCCCCCC.O. The molecule has 172 valence electrons. The van der Waals surface area contributed by atoms with Gasteiger partial charge in [-0.2, -0.15) is 0 Å². The van der Waals surface area contributed by atoms with Crippen LogP contribution < -0.4 is 0 Å². The van der Waals surface area contributed by atoms with Crippen molar-refractivity contribution in [3.63, 3.8) is 0 Å². The van der Waals surface area contributed by atoms with Gasteiger partial charge in [0.15, 0.2) is 0 Å². The van der Waals surface area contributed by atoms with E-state index in [0.29, 0.717) is 0 Å². The number of unbranched alkanes of at least 4 members (excludes halogenated alkanes) is 24. The predicted octanol–water partition coefficient (Wildman–Crippen LogP) is 9.95. The fourth-order valence-electron chi connectivity index (χ4n) is 4.21. The second-order valence-corrected chi connectivity index (χ2v) is 9.13. The summed E-state index contributed by atoms with van der Waals surface area (Å²) >= 11 is 0. The molecule has 0 heterocycles. The summed E-state index contributed by atoms with van der Waals surface area (Å²) in [6, 6.07) is 0. The van der Waals surface area contributed by atoms with E-state index >= 15 is 0 Å². The highest BCUT2D eigenvalue weighted by molar-refractivity contribution is 4.51. The molecule has 1 heteroatoms. The summed E-state index contributed by atoms with van der Waals surface area (Å²) in [6.07, 6.45) is 36.9. The second-order valence-electron chi connectivity index (χ2n) is 9.13. The van der Waals surface area contributed by atoms with Crippen LogP contribution in [0.5, 0.6) is 0 Å². The minimum absolute atomic E-state index is 0. The average Bonchev–Trinajstić information content (AvgIpc) is 2.68. The minimum Gasteiger partial charge on any atom is -0.412 e. The van der Waals surface area contributed by atoms with Crippen molar-refractivity contribution in [3.8, 4) is 0 Å². The lowest BCUT2D eigenvalue weighted by molar-refractivity contribution is 0.517. The van der Waals surface area contributed by atoms with Crippen molar-refractivity contribution in [2.45, 2.75) is 174 Å². The molecule has 0 saturated heterocycles. The first-order chi connectivity index (χ1) is 13.4. The van der Waals surface area contributed by atoms with Gasteiger partial charge in [-0.3, -0.25) is 0 Å². The molecule has 0 unspecified atom stereocenters. The lowest BCUT2D eigenvalue weighted by Crippen LogP contribution is -1.84. The highest BCUT2D eigenvalue weighted by atomic mass is 16.0. The third-order valence-electron chi connectivity index (χ3n) is 6.21. The number of hydrogen-bond acceptors (Lipinski definition) is 0. The van der Waals surface area contributed by atoms with Gasteiger partial charge >= 0.3 is 0 Å². The molecule has 0 aliphatic heterocycles. The number of hydrogen-bond donors (Lipinski definition) is 0. The van der Waals surface area contributed by atoms with E-state index in [1.165, 1.54) is 161 Å². The molecule has 0 aliphatic rings.